The van der Waals surface area contributed by atoms with Crippen LogP contribution >= 0.6 is 11.8 Å². The van der Waals surface area contributed by atoms with Crippen molar-refractivity contribution in [2.24, 2.45) is 0 Å². The Kier molecular flexibility index (Phi) is 7.72. The van der Waals surface area contributed by atoms with Crippen molar-refractivity contribution >= 4 is 28.6 Å². The summed E-state index contributed by atoms with van der Waals surface area (Å²) in [4.78, 5) is 30.6. The fourth-order valence-electron chi connectivity index (χ4n) is 3.50. The van der Waals surface area contributed by atoms with Gasteiger partial charge < -0.3 is 10.1 Å². The summed E-state index contributed by atoms with van der Waals surface area (Å²) in [5.41, 5.74) is 2.42. The number of halogens is 1. The third kappa shape index (κ3) is 5.70. The Morgan fingerprint density at radius 2 is 1.85 bits per heavy atom. The topological polar surface area (TPSA) is 73.2 Å². The number of benzene rings is 3. The molecule has 0 fully saturated rings. The summed E-state index contributed by atoms with van der Waals surface area (Å²) in [6.45, 7) is 1.14. The van der Waals surface area contributed by atoms with Crippen LogP contribution in [0.25, 0.3) is 10.9 Å². The van der Waals surface area contributed by atoms with Crippen LogP contribution in [0.5, 0.6) is 0 Å². The molecule has 6 nitrogen and oxygen atoms in total. The van der Waals surface area contributed by atoms with Crippen LogP contribution in [-0.4, -0.2) is 35.7 Å². The van der Waals surface area contributed by atoms with E-state index in [1.807, 2.05) is 36.4 Å². The molecule has 0 unspecified atom stereocenters. The van der Waals surface area contributed by atoms with Gasteiger partial charge in [0.05, 0.1) is 24.1 Å². The number of methoxy groups -OCH3 is 1. The van der Waals surface area contributed by atoms with E-state index in [1.165, 1.54) is 23.9 Å². The van der Waals surface area contributed by atoms with Crippen LogP contribution in [0.1, 0.15) is 21.5 Å². The SMILES string of the molecule is COCCNC(=O)c1ccc2c(=O)n(Cc3ccccc3)c(SCc3cccc(F)c3)nc2c1. The molecule has 34 heavy (non-hydrogen) atoms. The highest BCUT2D eigenvalue weighted by atomic mass is 32.2. The van der Waals surface area contributed by atoms with Gasteiger partial charge in [-0.05, 0) is 41.5 Å². The van der Waals surface area contributed by atoms with E-state index < -0.39 is 0 Å². The number of hydrogen-bond donors (Lipinski definition) is 1. The molecule has 1 heterocycles. The largest absolute Gasteiger partial charge is 0.383 e. The van der Waals surface area contributed by atoms with Crippen LogP contribution in [0.4, 0.5) is 4.39 Å². The van der Waals surface area contributed by atoms with E-state index in [9.17, 15) is 14.0 Å². The molecule has 0 bridgehead atoms. The lowest BCUT2D eigenvalue weighted by atomic mass is 10.1. The molecule has 174 valence electrons. The number of amides is 1. The lowest BCUT2D eigenvalue weighted by Gasteiger charge is -2.14. The number of rotatable bonds is 9. The minimum atomic E-state index is -0.310. The van der Waals surface area contributed by atoms with Crippen LogP contribution in [0.15, 0.2) is 82.7 Å². The molecular formula is C26H24FN3O3S. The molecule has 1 N–H and O–H groups in total. The number of aromatic nitrogens is 2. The number of thioether (sulfide) groups is 1. The van der Waals surface area contributed by atoms with E-state index in [0.29, 0.717) is 47.1 Å². The summed E-state index contributed by atoms with van der Waals surface area (Å²) >= 11 is 1.36. The Morgan fingerprint density at radius 1 is 1.06 bits per heavy atom. The van der Waals surface area contributed by atoms with Gasteiger partial charge in [0, 0.05) is 25.0 Å². The smallest absolute Gasteiger partial charge is 0.262 e. The third-order valence-electron chi connectivity index (χ3n) is 5.21. The number of nitrogens with zero attached hydrogens (tertiary/aromatic N) is 2. The summed E-state index contributed by atoms with van der Waals surface area (Å²) in [6.07, 6.45) is 0. The van der Waals surface area contributed by atoms with Gasteiger partial charge in [-0.1, -0.05) is 54.2 Å². The van der Waals surface area contributed by atoms with E-state index in [0.717, 1.165) is 11.1 Å². The van der Waals surface area contributed by atoms with Crippen molar-refractivity contribution in [3.05, 3.63) is 106 Å². The molecular weight excluding hydrogens is 453 g/mol. The Hall–Kier alpha value is -3.49. The molecule has 0 saturated heterocycles. The van der Waals surface area contributed by atoms with Crippen LogP contribution in [0.3, 0.4) is 0 Å². The van der Waals surface area contributed by atoms with Crippen LogP contribution < -0.4 is 10.9 Å². The van der Waals surface area contributed by atoms with Crippen LogP contribution in [0.2, 0.25) is 0 Å². The first kappa shape index (κ1) is 23.7. The first-order chi connectivity index (χ1) is 16.5. The highest BCUT2D eigenvalue weighted by molar-refractivity contribution is 7.98. The normalized spacial score (nSPS) is 11.0. The van der Waals surface area contributed by atoms with Gasteiger partial charge in [0.15, 0.2) is 5.16 Å². The molecule has 0 aliphatic heterocycles. The molecule has 4 aromatic rings. The number of carbonyl (C=O) groups is 1. The molecule has 0 spiro atoms. The van der Waals surface area contributed by atoms with E-state index in [-0.39, 0.29) is 17.3 Å². The van der Waals surface area contributed by atoms with E-state index in [2.05, 4.69) is 5.32 Å². The maximum absolute atomic E-state index is 13.6. The summed E-state index contributed by atoms with van der Waals surface area (Å²) < 4.78 is 20.2. The van der Waals surface area contributed by atoms with Gasteiger partial charge in [0.1, 0.15) is 5.82 Å². The van der Waals surface area contributed by atoms with Gasteiger partial charge in [0.25, 0.3) is 11.5 Å². The van der Waals surface area contributed by atoms with Crippen molar-refractivity contribution in [1.82, 2.24) is 14.9 Å². The Labute approximate surface area is 200 Å². The van der Waals surface area contributed by atoms with Crippen LogP contribution in [0, 0.1) is 5.82 Å². The monoisotopic (exact) mass is 477 g/mol. The molecule has 3 aromatic carbocycles. The first-order valence-electron chi connectivity index (χ1n) is 10.8. The lowest BCUT2D eigenvalue weighted by Crippen LogP contribution is -2.27. The maximum Gasteiger partial charge on any atom is 0.262 e. The van der Waals surface area contributed by atoms with Gasteiger partial charge in [-0.15, -0.1) is 0 Å². The predicted octanol–water partition coefficient (Wildman–Crippen LogP) is 4.25. The zero-order valence-electron chi connectivity index (χ0n) is 18.7. The molecule has 0 aliphatic carbocycles. The quantitative estimate of drug-likeness (QED) is 0.222. The molecule has 0 saturated carbocycles. The highest BCUT2D eigenvalue weighted by Crippen LogP contribution is 2.24. The minimum Gasteiger partial charge on any atom is -0.383 e. The van der Waals surface area contributed by atoms with Gasteiger partial charge in [0.2, 0.25) is 0 Å². The van der Waals surface area contributed by atoms with Crippen molar-refractivity contribution in [1.29, 1.82) is 0 Å². The summed E-state index contributed by atoms with van der Waals surface area (Å²) in [5, 5.41) is 3.71. The first-order valence-corrected chi connectivity index (χ1v) is 11.8. The molecule has 1 aromatic heterocycles. The van der Waals surface area contributed by atoms with Crippen LogP contribution in [-0.2, 0) is 17.0 Å². The van der Waals surface area contributed by atoms with E-state index >= 15 is 0 Å². The van der Waals surface area contributed by atoms with Crippen molar-refractivity contribution in [3.8, 4) is 0 Å². The number of fused-ring (bicyclic) bond motifs is 1. The molecule has 1 amide bonds. The number of carbonyl (C=O) groups excluding carboxylic acids is 1. The molecule has 0 atom stereocenters. The Morgan fingerprint density at radius 3 is 2.62 bits per heavy atom. The second-order valence-electron chi connectivity index (χ2n) is 7.67. The average molecular weight is 478 g/mol. The van der Waals surface area contributed by atoms with Gasteiger partial charge in [-0.3, -0.25) is 14.2 Å². The van der Waals surface area contributed by atoms with Crippen molar-refractivity contribution in [2.75, 3.05) is 20.3 Å². The maximum atomic E-state index is 13.6. The zero-order chi connectivity index (χ0) is 23.9. The van der Waals surface area contributed by atoms with Crippen molar-refractivity contribution in [2.45, 2.75) is 17.5 Å². The van der Waals surface area contributed by atoms with Gasteiger partial charge in [-0.2, -0.15) is 0 Å². The Balaban J connectivity index is 1.72. The summed E-state index contributed by atoms with van der Waals surface area (Å²) in [6, 6.07) is 20.9. The van der Waals surface area contributed by atoms with Gasteiger partial charge >= 0.3 is 0 Å². The minimum absolute atomic E-state index is 0.193. The predicted molar refractivity (Wildman–Crippen MR) is 132 cm³/mol. The molecule has 8 heteroatoms. The van der Waals surface area contributed by atoms with E-state index in [1.54, 1.807) is 35.9 Å². The van der Waals surface area contributed by atoms with Crippen molar-refractivity contribution in [3.63, 3.8) is 0 Å². The molecule has 4 rings (SSSR count). The fraction of sp³-hybridized carbons (Fsp3) is 0.192. The van der Waals surface area contributed by atoms with E-state index in [4.69, 9.17) is 9.72 Å². The van der Waals surface area contributed by atoms with Gasteiger partial charge in [-0.25, -0.2) is 9.37 Å². The number of ether oxygens (including phenoxy) is 1. The van der Waals surface area contributed by atoms with Crippen molar-refractivity contribution < 1.29 is 13.9 Å². The summed E-state index contributed by atoms with van der Waals surface area (Å²) in [5.74, 6) is -0.125. The molecule has 0 radical (unpaired) electrons. The number of nitrogens with one attached hydrogen (secondary N) is 1. The zero-order valence-corrected chi connectivity index (χ0v) is 19.5. The standard InChI is InChI=1S/C26H24FN3O3S/c1-33-13-12-28-24(31)20-10-11-22-23(15-20)29-26(34-17-19-8-5-9-21(27)14-19)30(25(22)32)16-18-6-3-2-4-7-18/h2-11,14-15H,12-13,16-17H2,1H3,(H,28,31). The fourth-order valence-corrected chi connectivity index (χ4v) is 4.44. The lowest BCUT2D eigenvalue weighted by molar-refractivity contribution is 0.0937. The average Bonchev–Trinajstić information content (AvgIpc) is 2.85. The second kappa shape index (κ2) is 11.1. The Bertz CT molecular complexity index is 1360. The molecule has 0 aliphatic rings. The second-order valence-corrected chi connectivity index (χ2v) is 8.61. The summed E-state index contributed by atoms with van der Waals surface area (Å²) in [7, 11) is 1.57. The highest BCUT2D eigenvalue weighted by Gasteiger charge is 2.15. The third-order valence-corrected chi connectivity index (χ3v) is 6.26. The number of hydrogen-bond acceptors (Lipinski definition) is 5.